The first-order chi connectivity index (χ1) is 15.0. The fraction of sp³-hybridized carbons (Fsp3) is 0.520. The van der Waals surface area contributed by atoms with Crippen molar-refractivity contribution in [2.45, 2.75) is 58.1 Å². The fourth-order valence-corrected chi connectivity index (χ4v) is 5.52. The lowest BCUT2D eigenvalue weighted by Gasteiger charge is -2.31. The number of benzene rings is 1. The third-order valence-electron chi connectivity index (χ3n) is 6.35. The molecule has 0 unspecified atom stereocenters. The van der Waals surface area contributed by atoms with E-state index in [1.807, 2.05) is 30.9 Å². The molecule has 2 fully saturated rings. The number of carbonyl (C=O) groups excluding carboxylic acids is 2. The summed E-state index contributed by atoms with van der Waals surface area (Å²) >= 11 is 1.71. The van der Waals surface area contributed by atoms with Crippen LogP contribution in [-0.4, -0.2) is 48.6 Å². The van der Waals surface area contributed by atoms with Crippen molar-refractivity contribution in [3.8, 4) is 10.4 Å². The van der Waals surface area contributed by atoms with E-state index in [-0.39, 0.29) is 24.0 Å². The Morgan fingerprint density at radius 1 is 1.23 bits per heavy atom. The molecule has 0 radical (unpaired) electrons. The van der Waals surface area contributed by atoms with Gasteiger partial charge in [-0.25, -0.2) is 0 Å². The maximum Gasteiger partial charge on any atom is 0.251 e. The number of nitrogens with one attached hydrogen (secondary N) is 1. The lowest BCUT2D eigenvalue weighted by atomic mass is 9.78. The molecule has 0 bridgehead atoms. The molecule has 4 rings (SSSR count). The second-order valence-electron chi connectivity index (χ2n) is 9.08. The Kier molecular flexibility index (Phi) is 6.77. The van der Waals surface area contributed by atoms with Gasteiger partial charge in [-0.1, -0.05) is 30.3 Å². The first-order valence-corrected chi connectivity index (χ1v) is 12.2. The normalized spacial score (nSPS) is 23.8. The molecular weight excluding hydrogens is 408 g/mol. The topological polar surface area (TPSA) is 58.6 Å². The lowest BCUT2D eigenvalue weighted by Crippen LogP contribution is -2.48. The van der Waals surface area contributed by atoms with Crippen molar-refractivity contribution in [1.29, 1.82) is 0 Å². The molecule has 1 aromatic heterocycles. The van der Waals surface area contributed by atoms with E-state index in [2.05, 4.69) is 35.0 Å². The highest BCUT2D eigenvalue weighted by molar-refractivity contribution is 7.13. The van der Waals surface area contributed by atoms with E-state index in [9.17, 15) is 9.59 Å². The molecule has 2 saturated heterocycles. The number of amides is 2. The number of thiophene rings is 1. The van der Waals surface area contributed by atoms with Crippen molar-refractivity contribution in [2.75, 3.05) is 19.7 Å². The molecule has 0 aliphatic carbocycles. The van der Waals surface area contributed by atoms with Crippen LogP contribution >= 0.6 is 11.3 Å². The van der Waals surface area contributed by atoms with Crippen molar-refractivity contribution in [2.24, 2.45) is 5.41 Å². The summed E-state index contributed by atoms with van der Waals surface area (Å²) in [4.78, 5) is 29.6. The van der Waals surface area contributed by atoms with E-state index in [1.165, 1.54) is 10.4 Å². The van der Waals surface area contributed by atoms with Gasteiger partial charge in [0.25, 0.3) is 5.91 Å². The Bertz CT molecular complexity index is 905. The highest BCUT2D eigenvalue weighted by Crippen LogP contribution is 2.39. The van der Waals surface area contributed by atoms with E-state index in [4.69, 9.17) is 4.74 Å². The van der Waals surface area contributed by atoms with Gasteiger partial charge in [0.05, 0.1) is 5.41 Å². The number of rotatable bonds is 6. The smallest absolute Gasteiger partial charge is 0.251 e. The summed E-state index contributed by atoms with van der Waals surface area (Å²) in [6.07, 6.45) is 3.76. The van der Waals surface area contributed by atoms with Gasteiger partial charge >= 0.3 is 0 Å². The quantitative estimate of drug-likeness (QED) is 0.730. The maximum absolute atomic E-state index is 13.4. The Morgan fingerprint density at radius 2 is 2.06 bits per heavy atom. The summed E-state index contributed by atoms with van der Waals surface area (Å²) in [6, 6.07) is 12.6. The average molecular weight is 441 g/mol. The summed E-state index contributed by atoms with van der Waals surface area (Å²) in [6.45, 7) is 5.67. The molecule has 5 nitrogen and oxygen atoms in total. The Morgan fingerprint density at radius 3 is 2.77 bits per heavy atom. The molecule has 166 valence electrons. The Labute approximate surface area is 188 Å². The third kappa shape index (κ3) is 4.85. The second kappa shape index (κ2) is 9.53. The van der Waals surface area contributed by atoms with Crippen LogP contribution < -0.4 is 5.32 Å². The van der Waals surface area contributed by atoms with Crippen molar-refractivity contribution < 1.29 is 14.3 Å². The predicted octanol–water partition coefficient (Wildman–Crippen LogP) is 4.27. The van der Waals surface area contributed by atoms with Crippen molar-refractivity contribution in [1.82, 2.24) is 10.2 Å². The maximum atomic E-state index is 13.4. The largest absolute Gasteiger partial charge is 0.368 e. The SMILES string of the molecule is CC(C)NC(=O)[C@@]1(Cc2ccccc2-c2cccs2)CCN(C(=O)[C@@H]2CCCCO2)C1. The highest BCUT2D eigenvalue weighted by Gasteiger charge is 2.47. The molecule has 0 saturated carbocycles. The highest BCUT2D eigenvalue weighted by atomic mass is 32.1. The van der Waals surface area contributed by atoms with Gasteiger partial charge in [0.1, 0.15) is 6.10 Å². The van der Waals surface area contributed by atoms with Crippen LogP contribution in [-0.2, 0) is 20.7 Å². The average Bonchev–Trinajstić information content (AvgIpc) is 3.45. The lowest BCUT2D eigenvalue weighted by molar-refractivity contribution is -0.146. The van der Waals surface area contributed by atoms with Crippen LogP contribution in [0.25, 0.3) is 10.4 Å². The van der Waals surface area contributed by atoms with Crippen LogP contribution in [0.15, 0.2) is 41.8 Å². The van der Waals surface area contributed by atoms with Crippen LogP contribution in [0.1, 0.15) is 45.1 Å². The van der Waals surface area contributed by atoms with Gasteiger partial charge < -0.3 is 15.0 Å². The molecule has 2 amide bonds. The van der Waals surface area contributed by atoms with E-state index in [0.29, 0.717) is 32.5 Å². The molecule has 0 spiro atoms. The minimum Gasteiger partial charge on any atom is -0.368 e. The summed E-state index contributed by atoms with van der Waals surface area (Å²) in [5, 5.41) is 5.21. The summed E-state index contributed by atoms with van der Waals surface area (Å²) < 4.78 is 5.74. The molecule has 1 N–H and O–H groups in total. The van der Waals surface area contributed by atoms with Gasteiger partial charge in [0, 0.05) is 30.6 Å². The number of ether oxygens (including phenoxy) is 1. The molecule has 2 atom stereocenters. The number of carbonyl (C=O) groups is 2. The van der Waals surface area contributed by atoms with Crippen LogP contribution in [0.3, 0.4) is 0 Å². The van der Waals surface area contributed by atoms with Gasteiger partial charge in [-0.05, 0) is 68.5 Å². The van der Waals surface area contributed by atoms with Gasteiger partial charge in [-0.3, -0.25) is 9.59 Å². The standard InChI is InChI=1S/C25H32N2O3S/c1-18(2)26-24(29)25(12-13-27(17-25)23(28)21-10-5-6-14-30-21)16-19-8-3-4-9-20(19)22-11-7-15-31-22/h3-4,7-9,11,15,18,21H,5-6,10,12-14,16-17H2,1-2H3,(H,26,29)/t21-,25+/m0/s1. The molecule has 3 heterocycles. The van der Waals surface area contributed by atoms with Crippen LogP contribution in [0.4, 0.5) is 0 Å². The zero-order valence-corrected chi connectivity index (χ0v) is 19.2. The van der Waals surface area contributed by atoms with E-state index < -0.39 is 5.41 Å². The number of hydrogen-bond acceptors (Lipinski definition) is 4. The molecule has 2 aromatic rings. The summed E-state index contributed by atoms with van der Waals surface area (Å²) in [7, 11) is 0. The van der Waals surface area contributed by atoms with E-state index in [1.54, 1.807) is 11.3 Å². The number of nitrogens with zero attached hydrogens (tertiary/aromatic N) is 1. The Hall–Kier alpha value is -2.18. The summed E-state index contributed by atoms with van der Waals surface area (Å²) in [5.41, 5.74) is 1.71. The fourth-order valence-electron chi connectivity index (χ4n) is 4.74. The van der Waals surface area contributed by atoms with Crippen LogP contribution in [0.2, 0.25) is 0 Å². The van der Waals surface area contributed by atoms with Crippen molar-refractivity contribution >= 4 is 23.2 Å². The minimum absolute atomic E-state index is 0.0448. The molecular formula is C25H32N2O3S. The predicted molar refractivity (Wildman–Crippen MR) is 124 cm³/mol. The van der Waals surface area contributed by atoms with Crippen LogP contribution in [0.5, 0.6) is 0 Å². The van der Waals surface area contributed by atoms with Gasteiger partial charge in [-0.15, -0.1) is 11.3 Å². The van der Waals surface area contributed by atoms with Crippen molar-refractivity contribution in [3.63, 3.8) is 0 Å². The number of likely N-dealkylation sites (tertiary alicyclic amines) is 1. The van der Waals surface area contributed by atoms with Gasteiger partial charge in [0.2, 0.25) is 5.91 Å². The van der Waals surface area contributed by atoms with E-state index >= 15 is 0 Å². The second-order valence-corrected chi connectivity index (χ2v) is 10.0. The number of hydrogen-bond donors (Lipinski definition) is 1. The molecule has 2 aliphatic heterocycles. The summed E-state index contributed by atoms with van der Waals surface area (Å²) in [5.74, 6) is 0.0915. The first kappa shape index (κ1) is 22.0. The molecule has 31 heavy (non-hydrogen) atoms. The zero-order valence-electron chi connectivity index (χ0n) is 18.4. The van der Waals surface area contributed by atoms with Crippen LogP contribution in [0, 0.1) is 5.41 Å². The Balaban J connectivity index is 1.60. The van der Waals surface area contributed by atoms with Gasteiger partial charge in [0.15, 0.2) is 0 Å². The zero-order chi connectivity index (χ0) is 21.8. The molecule has 2 aliphatic rings. The van der Waals surface area contributed by atoms with Gasteiger partial charge in [-0.2, -0.15) is 0 Å². The first-order valence-electron chi connectivity index (χ1n) is 11.3. The third-order valence-corrected chi connectivity index (χ3v) is 7.26. The van der Waals surface area contributed by atoms with E-state index in [0.717, 1.165) is 24.8 Å². The molecule has 6 heteroatoms. The molecule has 1 aromatic carbocycles. The van der Waals surface area contributed by atoms with Crippen molar-refractivity contribution in [3.05, 3.63) is 47.3 Å². The minimum atomic E-state index is -0.623. The monoisotopic (exact) mass is 440 g/mol.